The topological polar surface area (TPSA) is 66.5 Å². The number of nitrogens with zero attached hydrogens (tertiary/aromatic N) is 1. The van der Waals surface area contributed by atoms with Gasteiger partial charge in [-0.3, -0.25) is 9.10 Å². The molecule has 0 bridgehead atoms. The van der Waals surface area contributed by atoms with Crippen LogP contribution in [0, 0.1) is 20.8 Å². The van der Waals surface area contributed by atoms with Crippen molar-refractivity contribution in [2.45, 2.75) is 25.7 Å². The van der Waals surface area contributed by atoms with Crippen molar-refractivity contribution in [2.24, 2.45) is 0 Å². The first kappa shape index (κ1) is 20.6. The summed E-state index contributed by atoms with van der Waals surface area (Å²) < 4.78 is 27.8. The van der Waals surface area contributed by atoms with E-state index in [1.165, 1.54) is 12.1 Å². The molecule has 0 saturated carbocycles. The molecule has 3 rings (SSSR count). The summed E-state index contributed by atoms with van der Waals surface area (Å²) in [6.07, 6.45) is 0. The van der Waals surface area contributed by atoms with Crippen molar-refractivity contribution in [3.05, 3.63) is 89.5 Å². The minimum Gasteiger partial charge on any atom is -0.325 e. The van der Waals surface area contributed by atoms with E-state index in [-0.39, 0.29) is 11.4 Å². The molecule has 5 nitrogen and oxygen atoms in total. The Kier molecular flexibility index (Phi) is 6.03. The van der Waals surface area contributed by atoms with Crippen molar-refractivity contribution in [1.82, 2.24) is 0 Å². The van der Waals surface area contributed by atoms with E-state index in [2.05, 4.69) is 5.32 Å². The Morgan fingerprint density at radius 3 is 2.24 bits per heavy atom. The molecule has 3 aromatic rings. The highest BCUT2D eigenvalue weighted by atomic mass is 32.2. The molecular weight excluding hydrogens is 384 g/mol. The molecule has 3 aromatic carbocycles. The summed E-state index contributed by atoms with van der Waals surface area (Å²) >= 11 is 0. The summed E-state index contributed by atoms with van der Waals surface area (Å²) in [5.74, 6) is -0.409. The minimum atomic E-state index is -3.91. The molecule has 0 unspecified atom stereocenters. The van der Waals surface area contributed by atoms with Crippen molar-refractivity contribution in [3.63, 3.8) is 0 Å². The van der Waals surface area contributed by atoms with Gasteiger partial charge in [0, 0.05) is 5.69 Å². The summed E-state index contributed by atoms with van der Waals surface area (Å²) in [4.78, 5) is 12.9. The van der Waals surface area contributed by atoms with Crippen LogP contribution in [0.2, 0.25) is 0 Å². The second-order valence-corrected chi connectivity index (χ2v) is 8.87. The highest BCUT2D eigenvalue weighted by Crippen LogP contribution is 2.26. The monoisotopic (exact) mass is 408 g/mol. The van der Waals surface area contributed by atoms with Crippen molar-refractivity contribution in [3.8, 4) is 0 Å². The van der Waals surface area contributed by atoms with Crippen LogP contribution in [0.5, 0.6) is 0 Å². The number of benzene rings is 3. The molecule has 0 radical (unpaired) electrons. The number of carbonyl (C=O) groups is 1. The zero-order chi connectivity index (χ0) is 21.0. The molecule has 0 spiro atoms. The average molecular weight is 409 g/mol. The maximum absolute atomic E-state index is 13.3. The zero-order valence-corrected chi connectivity index (χ0v) is 17.5. The Hall–Kier alpha value is -3.12. The van der Waals surface area contributed by atoms with E-state index in [0.717, 1.165) is 21.0 Å². The predicted molar refractivity (Wildman–Crippen MR) is 117 cm³/mol. The van der Waals surface area contributed by atoms with Gasteiger partial charge in [0.2, 0.25) is 5.91 Å². The number of hydrogen-bond donors (Lipinski definition) is 1. The maximum atomic E-state index is 13.3. The molecule has 0 heterocycles. The summed E-state index contributed by atoms with van der Waals surface area (Å²) in [7, 11) is -3.91. The van der Waals surface area contributed by atoms with Gasteiger partial charge in [-0.05, 0) is 73.9 Å². The Bertz CT molecular complexity index is 1130. The molecule has 0 aliphatic heterocycles. The Morgan fingerprint density at radius 2 is 1.59 bits per heavy atom. The summed E-state index contributed by atoms with van der Waals surface area (Å²) in [6, 6.07) is 20.9. The summed E-state index contributed by atoms with van der Waals surface area (Å²) in [5.41, 5.74) is 4.10. The number of amides is 1. The highest BCUT2D eigenvalue weighted by Gasteiger charge is 2.27. The maximum Gasteiger partial charge on any atom is 0.264 e. The fourth-order valence-electron chi connectivity index (χ4n) is 2.97. The predicted octanol–water partition coefficient (Wildman–Crippen LogP) is 4.45. The largest absolute Gasteiger partial charge is 0.325 e. The second-order valence-electron chi connectivity index (χ2n) is 7.01. The molecule has 29 heavy (non-hydrogen) atoms. The van der Waals surface area contributed by atoms with Crippen molar-refractivity contribution in [1.29, 1.82) is 0 Å². The summed E-state index contributed by atoms with van der Waals surface area (Å²) in [5, 5.41) is 2.79. The number of aryl methyl sites for hydroxylation is 3. The third-order valence-electron chi connectivity index (χ3n) is 4.70. The van der Waals surface area contributed by atoms with Gasteiger partial charge < -0.3 is 5.32 Å². The number of sulfonamides is 1. The van der Waals surface area contributed by atoms with Crippen molar-refractivity contribution in [2.75, 3.05) is 16.2 Å². The first-order chi connectivity index (χ1) is 13.8. The average Bonchev–Trinajstić information content (AvgIpc) is 2.69. The zero-order valence-electron chi connectivity index (χ0n) is 16.7. The minimum absolute atomic E-state index is 0.140. The lowest BCUT2D eigenvalue weighted by Gasteiger charge is -2.25. The highest BCUT2D eigenvalue weighted by molar-refractivity contribution is 7.92. The summed E-state index contributed by atoms with van der Waals surface area (Å²) in [6.45, 7) is 5.48. The smallest absolute Gasteiger partial charge is 0.264 e. The SMILES string of the molecule is Cc1cccc(NC(=O)CN(c2ccc(C)c(C)c2)S(=O)(=O)c2ccccc2)c1. The molecular formula is C23H24N2O3S. The van der Waals surface area contributed by atoms with Gasteiger partial charge in [-0.25, -0.2) is 8.42 Å². The van der Waals surface area contributed by atoms with Crippen LogP contribution in [-0.2, 0) is 14.8 Å². The lowest BCUT2D eigenvalue weighted by molar-refractivity contribution is -0.114. The number of carbonyl (C=O) groups excluding carboxylic acids is 1. The van der Waals surface area contributed by atoms with Gasteiger partial charge in [-0.15, -0.1) is 0 Å². The quantitative estimate of drug-likeness (QED) is 0.655. The molecule has 0 aliphatic rings. The number of anilines is 2. The third kappa shape index (κ3) is 4.84. The molecule has 1 amide bonds. The van der Waals surface area contributed by atoms with E-state index in [0.29, 0.717) is 11.4 Å². The van der Waals surface area contributed by atoms with E-state index in [4.69, 9.17) is 0 Å². The fourth-order valence-corrected chi connectivity index (χ4v) is 4.40. The van der Waals surface area contributed by atoms with E-state index >= 15 is 0 Å². The second kappa shape index (κ2) is 8.49. The number of rotatable bonds is 6. The van der Waals surface area contributed by atoms with E-state index in [1.54, 1.807) is 36.4 Å². The molecule has 0 aromatic heterocycles. The molecule has 150 valence electrons. The first-order valence-electron chi connectivity index (χ1n) is 9.29. The van der Waals surface area contributed by atoms with E-state index < -0.39 is 15.9 Å². The normalized spacial score (nSPS) is 11.1. The molecule has 0 atom stereocenters. The standard InChI is InChI=1S/C23H24N2O3S/c1-17-8-7-9-20(14-17)24-23(26)16-25(21-13-12-18(2)19(3)15-21)29(27,28)22-10-5-4-6-11-22/h4-15H,16H2,1-3H3,(H,24,26). The van der Waals surface area contributed by atoms with Crippen LogP contribution < -0.4 is 9.62 Å². The first-order valence-corrected chi connectivity index (χ1v) is 10.7. The Morgan fingerprint density at radius 1 is 0.862 bits per heavy atom. The van der Waals surface area contributed by atoms with Gasteiger partial charge in [-0.2, -0.15) is 0 Å². The third-order valence-corrected chi connectivity index (χ3v) is 6.49. The van der Waals surface area contributed by atoms with E-state index in [9.17, 15) is 13.2 Å². The lowest BCUT2D eigenvalue weighted by Crippen LogP contribution is -2.38. The van der Waals surface area contributed by atoms with Gasteiger partial charge in [0.05, 0.1) is 10.6 Å². The van der Waals surface area contributed by atoms with Crippen LogP contribution in [0.25, 0.3) is 0 Å². The molecule has 1 N–H and O–H groups in total. The van der Waals surface area contributed by atoms with Crippen molar-refractivity contribution >= 4 is 27.3 Å². The molecule has 0 fully saturated rings. The lowest BCUT2D eigenvalue weighted by atomic mass is 10.1. The van der Waals surface area contributed by atoms with Gasteiger partial charge in [0.1, 0.15) is 6.54 Å². The van der Waals surface area contributed by atoms with Crippen LogP contribution in [-0.4, -0.2) is 20.9 Å². The number of nitrogens with one attached hydrogen (secondary N) is 1. The van der Waals surface area contributed by atoms with Crippen molar-refractivity contribution < 1.29 is 13.2 Å². The van der Waals surface area contributed by atoms with Crippen LogP contribution in [0.4, 0.5) is 11.4 Å². The van der Waals surface area contributed by atoms with Crippen LogP contribution >= 0.6 is 0 Å². The van der Waals surface area contributed by atoms with Crippen LogP contribution in [0.1, 0.15) is 16.7 Å². The van der Waals surface area contributed by atoms with Crippen LogP contribution in [0.3, 0.4) is 0 Å². The molecule has 6 heteroatoms. The van der Waals surface area contributed by atoms with Gasteiger partial charge in [0.25, 0.3) is 10.0 Å². The van der Waals surface area contributed by atoms with Gasteiger partial charge in [-0.1, -0.05) is 36.4 Å². The Labute approximate surface area is 172 Å². The van der Waals surface area contributed by atoms with Crippen LogP contribution in [0.15, 0.2) is 77.7 Å². The van der Waals surface area contributed by atoms with Gasteiger partial charge in [0.15, 0.2) is 0 Å². The Balaban J connectivity index is 1.96. The fraction of sp³-hybridized carbons (Fsp3) is 0.174. The molecule has 0 saturated heterocycles. The molecule has 0 aliphatic carbocycles. The van der Waals surface area contributed by atoms with E-state index in [1.807, 2.05) is 45.0 Å². The number of hydrogen-bond acceptors (Lipinski definition) is 3. The van der Waals surface area contributed by atoms with Gasteiger partial charge >= 0.3 is 0 Å².